The standard InChI is InChI=1S/C26H30N2O3/c1-3-4-5-6-7-8-20-9-11-21(12-10-20)23-17-27-25(28-18-23)22-13-15-24(16-14-22)31-19(2)26(29)30/h9-19H,3-8H2,1-2H3,(H,29,30). The fraction of sp³-hybridized carbons (Fsp3) is 0.346. The summed E-state index contributed by atoms with van der Waals surface area (Å²) in [6, 6.07) is 15.8. The molecule has 3 rings (SSSR count). The lowest BCUT2D eigenvalue weighted by Crippen LogP contribution is -2.22. The zero-order valence-corrected chi connectivity index (χ0v) is 18.3. The summed E-state index contributed by atoms with van der Waals surface area (Å²) in [5.41, 5.74) is 4.30. The predicted octanol–water partition coefficient (Wildman–Crippen LogP) is 6.18. The molecule has 3 aromatic rings. The van der Waals surface area contributed by atoms with Crippen LogP contribution in [-0.2, 0) is 11.2 Å². The van der Waals surface area contributed by atoms with Crippen LogP contribution in [0.3, 0.4) is 0 Å². The van der Waals surface area contributed by atoms with Crippen molar-refractivity contribution in [2.24, 2.45) is 0 Å². The van der Waals surface area contributed by atoms with E-state index in [2.05, 4.69) is 41.2 Å². The fourth-order valence-electron chi connectivity index (χ4n) is 3.36. The minimum Gasteiger partial charge on any atom is -0.479 e. The van der Waals surface area contributed by atoms with Crippen molar-refractivity contribution in [3.8, 4) is 28.3 Å². The Hall–Kier alpha value is -3.21. The second-order valence-electron chi connectivity index (χ2n) is 7.78. The first kappa shape index (κ1) is 22.5. The number of carbonyl (C=O) groups is 1. The largest absolute Gasteiger partial charge is 0.479 e. The van der Waals surface area contributed by atoms with Crippen LogP contribution in [0.2, 0.25) is 0 Å². The molecule has 0 aliphatic rings. The summed E-state index contributed by atoms with van der Waals surface area (Å²) in [7, 11) is 0. The monoisotopic (exact) mass is 418 g/mol. The van der Waals surface area contributed by atoms with Gasteiger partial charge in [0, 0.05) is 23.5 Å². The topological polar surface area (TPSA) is 72.3 Å². The minimum absolute atomic E-state index is 0.501. The van der Waals surface area contributed by atoms with E-state index in [1.165, 1.54) is 44.6 Å². The van der Waals surface area contributed by atoms with E-state index in [1.54, 1.807) is 12.1 Å². The molecule has 5 nitrogen and oxygen atoms in total. The number of aromatic nitrogens is 2. The highest BCUT2D eigenvalue weighted by molar-refractivity contribution is 5.72. The van der Waals surface area contributed by atoms with Gasteiger partial charge >= 0.3 is 5.97 Å². The molecular formula is C26H30N2O3. The molecule has 31 heavy (non-hydrogen) atoms. The van der Waals surface area contributed by atoms with E-state index in [0.717, 1.165) is 23.1 Å². The van der Waals surface area contributed by atoms with Gasteiger partial charge in [-0.05, 0) is 55.2 Å². The van der Waals surface area contributed by atoms with Gasteiger partial charge in [-0.2, -0.15) is 0 Å². The molecule has 162 valence electrons. The van der Waals surface area contributed by atoms with E-state index in [0.29, 0.717) is 11.6 Å². The zero-order chi connectivity index (χ0) is 22.1. The lowest BCUT2D eigenvalue weighted by Gasteiger charge is -2.10. The summed E-state index contributed by atoms with van der Waals surface area (Å²) in [5.74, 6) is 0.119. The molecule has 5 heteroatoms. The highest BCUT2D eigenvalue weighted by Gasteiger charge is 2.12. The first-order valence-electron chi connectivity index (χ1n) is 11.0. The van der Waals surface area contributed by atoms with E-state index >= 15 is 0 Å². The Labute approximate surface area is 184 Å². The van der Waals surface area contributed by atoms with E-state index in [-0.39, 0.29) is 0 Å². The maximum Gasteiger partial charge on any atom is 0.344 e. The summed E-state index contributed by atoms with van der Waals surface area (Å²) >= 11 is 0. The third-order valence-electron chi connectivity index (χ3n) is 5.28. The molecule has 1 N–H and O–H groups in total. The summed E-state index contributed by atoms with van der Waals surface area (Å²) in [6.45, 7) is 3.74. The number of aryl methyl sites for hydroxylation is 1. The molecule has 0 saturated heterocycles. The Morgan fingerprint density at radius 1 is 0.871 bits per heavy atom. The smallest absolute Gasteiger partial charge is 0.344 e. The number of carboxylic acids is 1. The number of aliphatic carboxylic acids is 1. The van der Waals surface area contributed by atoms with Crippen LogP contribution >= 0.6 is 0 Å². The number of carboxylic acid groups (broad SMARTS) is 1. The van der Waals surface area contributed by atoms with Crippen LogP contribution in [0.15, 0.2) is 60.9 Å². The van der Waals surface area contributed by atoms with Crippen molar-refractivity contribution in [3.05, 3.63) is 66.5 Å². The number of nitrogens with zero attached hydrogens (tertiary/aromatic N) is 2. The van der Waals surface area contributed by atoms with Crippen LogP contribution in [0.1, 0.15) is 51.5 Å². The fourth-order valence-corrected chi connectivity index (χ4v) is 3.36. The van der Waals surface area contributed by atoms with E-state index in [1.807, 2.05) is 24.5 Å². The van der Waals surface area contributed by atoms with Gasteiger partial charge in [-0.1, -0.05) is 56.9 Å². The Morgan fingerprint density at radius 2 is 1.48 bits per heavy atom. The van der Waals surface area contributed by atoms with Crippen molar-refractivity contribution in [1.82, 2.24) is 9.97 Å². The van der Waals surface area contributed by atoms with Gasteiger partial charge in [0.1, 0.15) is 5.75 Å². The summed E-state index contributed by atoms with van der Waals surface area (Å²) < 4.78 is 5.35. The van der Waals surface area contributed by atoms with Crippen LogP contribution in [0, 0.1) is 0 Å². The van der Waals surface area contributed by atoms with E-state index in [4.69, 9.17) is 9.84 Å². The van der Waals surface area contributed by atoms with Gasteiger partial charge in [-0.3, -0.25) is 0 Å². The molecule has 1 atom stereocenters. The van der Waals surface area contributed by atoms with Crippen molar-refractivity contribution >= 4 is 5.97 Å². The predicted molar refractivity (Wildman–Crippen MR) is 123 cm³/mol. The van der Waals surface area contributed by atoms with Crippen molar-refractivity contribution in [2.45, 2.75) is 58.5 Å². The number of rotatable bonds is 11. The van der Waals surface area contributed by atoms with E-state index < -0.39 is 12.1 Å². The number of hydrogen-bond acceptors (Lipinski definition) is 4. The first-order chi connectivity index (χ1) is 15.1. The van der Waals surface area contributed by atoms with Gasteiger partial charge in [0.15, 0.2) is 11.9 Å². The molecule has 1 unspecified atom stereocenters. The van der Waals surface area contributed by atoms with Crippen molar-refractivity contribution < 1.29 is 14.6 Å². The molecule has 2 aromatic carbocycles. The summed E-state index contributed by atoms with van der Waals surface area (Å²) in [6.07, 6.45) is 10.4. The second kappa shape index (κ2) is 11.3. The number of hydrogen-bond donors (Lipinski definition) is 1. The zero-order valence-electron chi connectivity index (χ0n) is 18.3. The molecule has 0 aliphatic heterocycles. The molecule has 0 bridgehead atoms. The molecular weight excluding hydrogens is 388 g/mol. The van der Waals surface area contributed by atoms with Gasteiger partial charge in [-0.15, -0.1) is 0 Å². The van der Waals surface area contributed by atoms with Crippen LogP contribution in [-0.4, -0.2) is 27.1 Å². The average molecular weight is 419 g/mol. The summed E-state index contributed by atoms with van der Waals surface area (Å²) in [5, 5.41) is 8.93. The normalized spacial score (nSPS) is 11.8. The molecule has 0 saturated carbocycles. The number of unbranched alkanes of at least 4 members (excludes halogenated alkanes) is 4. The molecule has 1 heterocycles. The molecule has 0 aliphatic carbocycles. The van der Waals surface area contributed by atoms with Crippen LogP contribution in [0.5, 0.6) is 5.75 Å². The highest BCUT2D eigenvalue weighted by atomic mass is 16.5. The third kappa shape index (κ3) is 6.64. The van der Waals surface area contributed by atoms with Crippen molar-refractivity contribution in [3.63, 3.8) is 0 Å². The lowest BCUT2D eigenvalue weighted by molar-refractivity contribution is -0.144. The van der Waals surface area contributed by atoms with Gasteiger partial charge in [0.25, 0.3) is 0 Å². The SMILES string of the molecule is CCCCCCCc1ccc(-c2cnc(-c3ccc(OC(C)C(=O)O)cc3)nc2)cc1. The van der Waals surface area contributed by atoms with Gasteiger partial charge in [-0.25, -0.2) is 14.8 Å². The molecule has 0 fully saturated rings. The average Bonchev–Trinajstić information content (AvgIpc) is 2.80. The maximum atomic E-state index is 10.9. The lowest BCUT2D eigenvalue weighted by atomic mass is 10.0. The Balaban J connectivity index is 1.59. The number of ether oxygens (including phenoxy) is 1. The maximum absolute atomic E-state index is 10.9. The van der Waals surface area contributed by atoms with Gasteiger partial charge in [0.05, 0.1) is 0 Å². The number of benzene rings is 2. The van der Waals surface area contributed by atoms with Crippen LogP contribution in [0.4, 0.5) is 0 Å². The van der Waals surface area contributed by atoms with Crippen LogP contribution in [0.25, 0.3) is 22.5 Å². The molecule has 0 radical (unpaired) electrons. The van der Waals surface area contributed by atoms with E-state index in [9.17, 15) is 4.79 Å². The molecule has 0 spiro atoms. The molecule has 0 amide bonds. The first-order valence-corrected chi connectivity index (χ1v) is 11.0. The highest BCUT2D eigenvalue weighted by Crippen LogP contribution is 2.23. The minimum atomic E-state index is -0.997. The van der Waals surface area contributed by atoms with Crippen molar-refractivity contribution in [1.29, 1.82) is 0 Å². The Morgan fingerprint density at radius 3 is 2.10 bits per heavy atom. The summed E-state index contributed by atoms with van der Waals surface area (Å²) in [4.78, 5) is 19.9. The molecule has 1 aromatic heterocycles. The quantitative estimate of drug-likeness (QED) is 0.377. The third-order valence-corrected chi connectivity index (χ3v) is 5.28. The second-order valence-corrected chi connectivity index (χ2v) is 7.78. The van der Waals surface area contributed by atoms with Crippen LogP contribution < -0.4 is 4.74 Å². The van der Waals surface area contributed by atoms with Crippen molar-refractivity contribution in [2.75, 3.05) is 0 Å². The Kier molecular flexibility index (Phi) is 8.16. The van der Waals surface area contributed by atoms with Gasteiger partial charge < -0.3 is 9.84 Å². The van der Waals surface area contributed by atoms with Gasteiger partial charge in [0.2, 0.25) is 0 Å². The Bertz CT molecular complexity index is 951.